The van der Waals surface area contributed by atoms with Crippen molar-refractivity contribution in [3.63, 3.8) is 0 Å². The Morgan fingerprint density at radius 1 is 0.923 bits per heavy atom. The molecular weight excluding hydrogens is 731 g/mol. The zero-order valence-electron chi connectivity index (χ0n) is 29.7. The van der Waals surface area contributed by atoms with Gasteiger partial charge in [0.2, 0.25) is 21.8 Å². The number of carbonyl (C=O) groups is 3. The highest BCUT2D eigenvalue weighted by Gasteiger charge is 2.30. The summed E-state index contributed by atoms with van der Waals surface area (Å²) in [5.74, 6) is -1.16. The van der Waals surface area contributed by atoms with Gasteiger partial charge in [0.05, 0.1) is 18.1 Å². The standard InChI is InChI=1S/C36H46Cl2N6O7S/c1-25-29(37)16-17-30(33(25)38)52(49,50)44(21-18-26-10-6-5-7-11-26)24-31(45)41-22-32(46)43(20-9-8-19-40-35(47)51-36(2,3)4)23-27-12-14-28(15-13-27)34(39)42-48/h5-7,10-17,48H,8-9,18-24H2,1-4H3,(H2,39,42)(H,40,47)(H,41,45). The Morgan fingerprint density at radius 2 is 1.60 bits per heavy atom. The van der Waals surface area contributed by atoms with Crippen LogP contribution in [-0.4, -0.2) is 84.9 Å². The molecule has 0 atom stereocenters. The van der Waals surface area contributed by atoms with Gasteiger partial charge in [-0.05, 0) is 75.8 Å². The number of benzene rings is 3. The third-order valence-corrected chi connectivity index (χ3v) is 10.7. The molecule has 0 radical (unpaired) electrons. The second kappa shape index (κ2) is 19.5. The smallest absolute Gasteiger partial charge is 0.407 e. The van der Waals surface area contributed by atoms with E-state index in [4.69, 9.17) is 38.9 Å². The first kappa shape index (κ1) is 42.0. The lowest BCUT2D eigenvalue weighted by molar-refractivity contribution is -0.133. The van der Waals surface area contributed by atoms with Crippen molar-refractivity contribution in [2.24, 2.45) is 10.9 Å². The third-order valence-electron chi connectivity index (χ3n) is 7.76. The molecule has 0 unspecified atom stereocenters. The number of sulfonamides is 1. The summed E-state index contributed by atoms with van der Waals surface area (Å²) in [6, 6.07) is 18.7. The summed E-state index contributed by atoms with van der Waals surface area (Å²) in [5, 5.41) is 17.5. The molecule has 0 saturated carbocycles. The number of nitrogens with zero attached hydrogens (tertiary/aromatic N) is 3. The lowest BCUT2D eigenvalue weighted by Gasteiger charge is -2.25. The van der Waals surface area contributed by atoms with Gasteiger partial charge >= 0.3 is 6.09 Å². The number of nitrogens with one attached hydrogen (secondary N) is 2. The molecule has 5 N–H and O–H groups in total. The Balaban J connectivity index is 1.72. The number of oxime groups is 1. The summed E-state index contributed by atoms with van der Waals surface area (Å²) in [4.78, 5) is 40.2. The summed E-state index contributed by atoms with van der Waals surface area (Å²) in [5.41, 5.74) is 7.54. The zero-order valence-corrected chi connectivity index (χ0v) is 32.0. The third kappa shape index (κ3) is 13.0. The van der Waals surface area contributed by atoms with E-state index in [1.165, 1.54) is 12.1 Å². The van der Waals surface area contributed by atoms with E-state index in [1.807, 2.05) is 30.3 Å². The van der Waals surface area contributed by atoms with E-state index in [0.29, 0.717) is 48.5 Å². The lowest BCUT2D eigenvalue weighted by Crippen LogP contribution is -2.45. The summed E-state index contributed by atoms with van der Waals surface area (Å²) in [6.45, 7) is 6.71. The molecule has 3 aromatic carbocycles. The van der Waals surface area contributed by atoms with Crippen LogP contribution in [0.5, 0.6) is 0 Å². The van der Waals surface area contributed by atoms with Crippen LogP contribution in [-0.2, 0) is 37.3 Å². The average Bonchev–Trinajstić information content (AvgIpc) is 3.10. The van der Waals surface area contributed by atoms with Crippen LogP contribution in [0.2, 0.25) is 10.0 Å². The van der Waals surface area contributed by atoms with Crippen LogP contribution < -0.4 is 16.4 Å². The fourth-order valence-corrected chi connectivity index (χ4v) is 7.12. The van der Waals surface area contributed by atoms with Gasteiger partial charge in [-0.1, -0.05) is 83.0 Å². The summed E-state index contributed by atoms with van der Waals surface area (Å²) >= 11 is 12.6. The molecule has 282 valence electrons. The van der Waals surface area contributed by atoms with E-state index in [-0.39, 0.29) is 28.8 Å². The predicted molar refractivity (Wildman–Crippen MR) is 201 cm³/mol. The highest BCUT2D eigenvalue weighted by Crippen LogP contribution is 2.32. The van der Waals surface area contributed by atoms with Gasteiger partial charge < -0.3 is 31.2 Å². The van der Waals surface area contributed by atoms with Crippen molar-refractivity contribution in [3.05, 3.63) is 99.0 Å². The topological polar surface area (TPSA) is 184 Å². The van der Waals surface area contributed by atoms with Crippen molar-refractivity contribution in [2.45, 2.75) is 64.0 Å². The quantitative estimate of drug-likeness (QED) is 0.0481. The number of unbranched alkanes of at least 4 members (excludes halogenated alkanes) is 1. The number of hydrogen-bond donors (Lipinski definition) is 4. The largest absolute Gasteiger partial charge is 0.444 e. The number of halogens is 2. The molecular formula is C36H46Cl2N6O7S. The fraction of sp³-hybridized carbons (Fsp3) is 0.389. The molecule has 0 aliphatic rings. The number of hydrogen-bond acceptors (Lipinski definition) is 8. The summed E-state index contributed by atoms with van der Waals surface area (Å²) in [6.07, 6.45) is 0.840. The van der Waals surface area contributed by atoms with Crippen molar-refractivity contribution >= 4 is 57.0 Å². The molecule has 0 fully saturated rings. The first-order valence-corrected chi connectivity index (χ1v) is 18.8. The van der Waals surface area contributed by atoms with Crippen molar-refractivity contribution in [1.82, 2.24) is 19.8 Å². The predicted octanol–water partition coefficient (Wildman–Crippen LogP) is 5.08. The lowest BCUT2D eigenvalue weighted by atomic mass is 10.1. The minimum Gasteiger partial charge on any atom is -0.444 e. The van der Waals surface area contributed by atoms with Crippen LogP contribution in [0.4, 0.5) is 4.79 Å². The molecule has 0 saturated heterocycles. The van der Waals surface area contributed by atoms with E-state index < -0.39 is 46.6 Å². The SMILES string of the molecule is Cc1c(Cl)ccc(S(=O)(=O)N(CCc2ccccc2)CC(=O)NCC(=O)N(CCCCNC(=O)OC(C)(C)C)Cc2ccc(C(N)=NO)cc2)c1Cl. The van der Waals surface area contributed by atoms with Gasteiger partial charge in [-0.3, -0.25) is 9.59 Å². The van der Waals surface area contributed by atoms with E-state index in [1.54, 1.807) is 56.9 Å². The van der Waals surface area contributed by atoms with Crippen LogP contribution in [0.25, 0.3) is 0 Å². The maximum Gasteiger partial charge on any atom is 0.407 e. The van der Waals surface area contributed by atoms with Crippen molar-refractivity contribution in [3.8, 4) is 0 Å². The molecule has 0 spiro atoms. The first-order valence-electron chi connectivity index (χ1n) is 16.6. The Kier molecular flexibility index (Phi) is 15.7. The molecule has 3 amide bonds. The summed E-state index contributed by atoms with van der Waals surface area (Å²) in [7, 11) is -4.26. The van der Waals surface area contributed by atoms with Crippen LogP contribution >= 0.6 is 23.2 Å². The molecule has 0 aliphatic heterocycles. The molecule has 0 aliphatic carbocycles. The van der Waals surface area contributed by atoms with Crippen molar-refractivity contribution in [2.75, 3.05) is 32.7 Å². The number of carbonyl (C=O) groups excluding carboxylic acids is 3. The van der Waals surface area contributed by atoms with Crippen LogP contribution in [0.3, 0.4) is 0 Å². The van der Waals surface area contributed by atoms with Gasteiger partial charge in [0.15, 0.2) is 5.84 Å². The molecule has 3 rings (SSSR count). The number of alkyl carbamates (subject to hydrolysis) is 1. The van der Waals surface area contributed by atoms with Gasteiger partial charge in [0, 0.05) is 36.8 Å². The number of amides is 3. The maximum absolute atomic E-state index is 13.9. The molecule has 13 nitrogen and oxygen atoms in total. The molecule has 52 heavy (non-hydrogen) atoms. The number of ether oxygens (including phenoxy) is 1. The van der Waals surface area contributed by atoms with E-state index >= 15 is 0 Å². The normalized spacial score (nSPS) is 12.0. The first-order chi connectivity index (χ1) is 24.5. The Bertz CT molecular complexity index is 1820. The van der Waals surface area contributed by atoms with E-state index in [2.05, 4.69) is 15.8 Å². The van der Waals surface area contributed by atoms with Gasteiger partial charge in [-0.2, -0.15) is 4.31 Å². The number of amidine groups is 1. The van der Waals surface area contributed by atoms with E-state index in [0.717, 1.165) is 15.4 Å². The van der Waals surface area contributed by atoms with Crippen molar-refractivity contribution in [1.29, 1.82) is 0 Å². The Morgan fingerprint density at radius 3 is 2.23 bits per heavy atom. The second-order valence-corrected chi connectivity index (χ2v) is 15.7. The highest BCUT2D eigenvalue weighted by molar-refractivity contribution is 7.89. The fourth-order valence-electron chi connectivity index (χ4n) is 4.94. The summed E-state index contributed by atoms with van der Waals surface area (Å²) < 4.78 is 34.0. The average molecular weight is 778 g/mol. The van der Waals surface area contributed by atoms with Gasteiger partial charge in [0.25, 0.3) is 0 Å². The van der Waals surface area contributed by atoms with Gasteiger partial charge in [-0.25, -0.2) is 13.2 Å². The monoisotopic (exact) mass is 776 g/mol. The molecule has 3 aromatic rings. The molecule has 0 bridgehead atoms. The molecule has 16 heteroatoms. The highest BCUT2D eigenvalue weighted by atomic mass is 35.5. The zero-order chi connectivity index (χ0) is 38.5. The maximum atomic E-state index is 13.9. The Labute approximate surface area is 315 Å². The molecule has 0 aromatic heterocycles. The Hall–Kier alpha value is -4.37. The number of rotatable bonds is 17. The van der Waals surface area contributed by atoms with Crippen LogP contribution in [0.1, 0.15) is 55.9 Å². The van der Waals surface area contributed by atoms with Crippen LogP contribution in [0, 0.1) is 6.92 Å². The second-order valence-electron chi connectivity index (χ2n) is 13.0. The van der Waals surface area contributed by atoms with Gasteiger partial charge in [-0.15, -0.1) is 0 Å². The van der Waals surface area contributed by atoms with Gasteiger partial charge in [0.1, 0.15) is 10.5 Å². The molecule has 0 heterocycles. The minimum atomic E-state index is -4.26. The van der Waals surface area contributed by atoms with Crippen LogP contribution in [0.15, 0.2) is 76.8 Å². The number of nitrogens with two attached hydrogens (primary N) is 1. The van der Waals surface area contributed by atoms with E-state index in [9.17, 15) is 22.8 Å². The minimum absolute atomic E-state index is 0.0311. The van der Waals surface area contributed by atoms with Crippen molar-refractivity contribution < 1.29 is 32.7 Å².